The molecule has 2 fully saturated rings. The van der Waals surface area contributed by atoms with E-state index >= 15 is 0 Å². The van der Waals surface area contributed by atoms with Crippen molar-refractivity contribution in [2.45, 2.75) is 44.8 Å². The second kappa shape index (κ2) is 4.76. The fourth-order valence-electron chi connectivity index (χ4n) is 2.75. The predicted molar refractivity (Wildman–Crippen MR) is 67.9 cm³/mol. The third-order valence-electron chi connectivity index (χ3n) is 4.02. The van der Waals surface area contributed by atoms with Gasteiger partial charge >= 0.3 is 0 Å². The van der Waals surface area contributed by atoms with Gasteiger partial charge in [-0.25, -0.2) is 0 Å². The van der Waals surface area contributed by atoms with Crippen molar-refractivity contribution in [3.63, 3.8) is 0 Å². The summed E-state index contributed by atoms with van der Waals surface area (Å²) in [6, 6.07) is 4.56. The number of rotatable bonds is 4. The first-order chi connectivity index (χ1) is 8.75. The van der Waals surface area contributed by atoms with Gasteiger partial charge in [0.1, 0.15) is 5.76 Å². The summed E-state index contributed by atoms with van der Waals surface area (Å²) in [6.45, 7) is 3.68. The molecule has 1 aliphatic heterocycles. The van der Waals surface area contributed by atoms with Gasteiger partial charge in [-0.15, -0.1) is 0 Å². The van der Waals surface area contributed by atoms with Crippen LogP contribution in [-0.4, -0.2) is 29.4 Å². The Morgan fingerprint density at radius 2 is 2.33 bits per heavy atom. The Kier molecular flexibility index (Phi) is 3.12. The average Bonchev–Trinajstić information content (AvgIpc) is 2.89. The zero-order chi connectivity index (χ0) is 12.5. The number of nitrogens with zero attached hydrogens (tertiary/aromatic N) is 1. The highest BCUT2D eigenvalue weighted by Crippen LogP contribution is 2.31. The van der Waals surface area contributed by atoms with Crippen LogP contribution in [0.25, 0.3) is 0 Å². The molecular weight excluding hydrogens is 228 g/mol. The Hall–Kier alpha value is -1.29. The van der Waals surface area contributed by atoms with Crippen molar-refractivity contribution in [2.75, 3.05) is 6.54 Å². The van der Waals surface area contributed by atoms with Crippen LogP contribution in [0.3, 0.4) is 0 Å². The lowest BCUT2D eigenvalue weighted by atomic mass is 10.00. The molecule has 1 aliphatic carbocycles. The molecule has 2 unspecified atom stereocenters. The van der Waals surface area contributed by atoms with Crippen molar-refractivity contribution in [2.24, 2.45) is 5.92 Å². The molecule has 2 heterocycles. The maximum atomic E-state index is 12.6. The highest BCUT2D eigenvalue weighted by atomic mass is 16.3. The molecule has 1 N–H and O–H groups in total. The average molecular weight is 248 g/mol. The first-order valence-corrected chi connectivity index (χ1v) is 6.82. The number of amides is 1. The maximum Gasteiger partial charge on any atom is 0.227 e. The minimum absolute atomic E-state index is 0.139. The second-order valence-corrected chi connectivity index (χ2v) is 5.41. The highest BCUT2D eigenvalue weighted by molar-refractivity contribution is 5.80. The molecule has 1 saturated heterocycles. The Morgan fingerprint density at radius 3 is 2.89 bits per heavy atom. The summed E-state index contributed by atoms with van der Waals surface area (Å²) in [5.41, 5.74) is 0. The van der Waals surface area contributed by atoms with Gasteiger partial charge in [0.15, 0.2) is 0 Å². The lowest BCUT2D eigenvalue weighted by molar-refractivity contribution is -0.137. The summed E-state index contributed by atoms with van der Waals surface area (Å²) < 4.78 is 5.37. The molecule has 98 valence electrons. The van der Waals surface area contributed by atoms with Crippen molar-refractivity contribution in [3.8, 4) is 0 Å². The molecule has 1 aromatic heterocycles. The monoisotopic (exact) mass is 248 g/mol. The molecule has 18 heavy (non-hydrogen) atoms. The van der Waals surface area contributed by atoms with Crippen LogP contribution in [-0.2, 0) is 11.3 Å². The molecule has 4 nitrogen and oxygen atoms in total. The van der Waals surface area contributed by atoms with Gasteiger partial charge in [-0.05, 0) is 44.9 Å². The smallest absolute Gasteiger partial charge is 0.227 e. The van der Waals surface area contributed by atoms with E-state index in [1.807, 2.05) is 17.0 Å². The van der Waals surface area contributed by atoms with E-state index in [4.69, 9.17) is 4.42 Å². The van der Waals surface area contributed by atoms with Crippen LogP contribution >= 0.6 is 0 Å². The third kappa shape index (κ3) is 2.29. The zero-order valence-electron chi connectivity index (χ0n) is 10.8. The van der Waals surface area contributed by atoms with Crippen molar-refractivity contribution in [1.82, 2.24) is 10.2 Å². The predicted octanol–water partition coefficient (Wildman–Crippen LogP) is 1.77. The zero-order valence-corrected chi connectivity index (χ0v) is 10.8. The quantitative estimate of drug-likeness (QED) is 0.883. The van der Waals surface area contributed by atoms with Crippen molar-refractivity contribution >= 4 is 5.91 Å². The van der Waals surface area contributed by atoms with Crippen molar-refractivity contribution in [3.05, 3.63) is 24.2 Å². The van der Waals surface area contributed by atoms with Crippen LogP contribution in [0.2, 0.25) is 0 Å². The van der Waals surface area contributed by atoms with Gasteiger partial charge in [0.2, 0.25) is 5.91 Å². The number of furan rings is 1. The Labute approximate surface area is 107 Å². The summed E-state index contributed by atoms with van der Waals surface area (Å²) in [5.74, 6) is 1.32. The van der Waals surface area contributed by atoms with Crippen LogP contribution in [0.5, 0.6) is 0 Å². The number of hydrogen-bond acceptors (Lipinski definition) is 3. The Bertz CT molecular complexity index is 411. The maximum absolute atomic E-state index is 12.6. The normalized spacial score (nSPS) is 27.4. The topological polar surface area (TPSA) is 45.5 Å². The van der Waals surface area contributed by atoms with E-state index in [0.717, 1.165) is 31.6 Å². The summed E-state index contributed by atoms with van der Waals surface area (Å²) in [4.78, 5) is 14.6. The Morgan fingerprint density at radius 1 is 1.50 bits per heavy atom. The summed E-state index contributed by atoms with van der Waals surface area (Å²) >= 11 is 0. The van der Waals surface area contributed by atoms with Crippen LogP contribution in [0, 0.1) is 5.92 Å². The lowest BCUT2D eigenvalue weighted by Crippen LogP contribution is -2.41. The fraction of sp³-hybridized carbons (Fsp3) is 0.643. The largest absolute Gasteiger partial charge is 0.467 e. The van der Waals surface area contributed by atoms with E-state index in [-0.39, 0.29) is 5.92 Å². The molecule has 2 aliphatic rings. The van der Waals surface area contributed by atoms with Crippen molar-refractivity contribution in [1.29, 1.82) is 0 Å². The van der Waals surface area contributed by atoms with Crippen LogP contribution in [0.15, 0.2) is 22.8 Å². The lowest BCUT2D eigenvalue weighted by Gasteiger charge is -2.26. The minimum Gasteiger partial charge on any atom is -0.467 e. The first-order valence-electron chi connectivity index (χ1n) is 6.82. The van der Waals surface area contributed by atoms with Gasteiger partial charge in [-0.1, -0.05) is 0 Å². The molecule has 0 aromatic carbocycles. The standard InChI is InChI=1S/C14H20N2O2/c1-10-13(6-7-15-10)14(17)16(11-4-5-11)9-12-3-2-8-18-12/h2-3,8,10-11,13,15H,4-7,9H2,1H3. The number of nitrogens with one attached hydrogen (secondary N) is 1. The van der Waals surface area contributed by atoms with Gasteiger partial charge in [0, 0.05) is 12.1 Å². The molecule has 1 aromatic rings. The van der Waals surface area contributed by atoms with E-state index in [1.165, 1.54) is 0 Å². The highest BCUT2D eigenvalue weighted by Gasteiger charge is 2.39. The fourth-order valence-corrected chi connectivity index (χ4v) is 2.75. The van der Waals surface area contributed by atoms with Gasteiger partial charge in [0.05, 0.1) is 18.7 Å². The summed E-state index contributed by atoms with van der Waals surface area (Å²) in [6.07, 6.45) is 4.91. The van der Waals surface area contributed by atoms with E-state index in [1.54, 1.807) is 6.26 Å². The number of hydrogen-bond donors (Lipinski definition) is 1. The molecule has 0 spiro atoms. The second-order valence-electron chi connectivity index (χ2n) is 5.41. The summed E-state index contributed by atoms with van der Waals surface area (Å²) in [5, 5.41) is 3.35. The van der Waals surface area contributed by atoms with Crippen LogP contribution in [0.4, 0.5) is 0 Å². The van der Waals surface area contributed by atoms with Gasteiger partial charge in [-0.3, -0.25) is 4.79 Å². The minimum atomic E-state index is 0.139. The van der Waals surface area contributed by atoms with E-state index in [0.29, 0.717) is 24.5 Å². The Balaban J connectivity index is 1.71. The first kappa shape index (κ1) is 11.8. The van der Waals surface area contributed by atoms with Crippen LogP contribution < -0.4 is 5.32 Å². The van der Waals surface area contributed by atoms with Gasteiger partial charge in [-0.2, -0.15) is 0 Å². The number of carbonyl (C=O) groups excluding carboxylic acids is 1. The van der Waals surface area contributed by atoms with E-state index in [2.05, 4.69) is 12.2 Å². The molecule has 0 radical (unpaired) electrons. The molecular formula is C14H20N2O2. The molecule has 3 rings (SSSR count). The number of carbonyl (C=O) groups is 1. The summed E-state index contributed by atoms with van der Waals surface area (Å²) in [7, 11) is 0. The van der Waals surface area contributed by atoms with Gasteiger partial charge < -0.3 is 14.6 Å². The third-order valence-corrected chi connectivity index (χ3v) is 4.02. The molecule has 2 atom stereocenters. The SMILES string of the molecule is CC1NCCC1C(=O)N(Cc1ccco1)C1CC1. The molecule has 1 amide bonds. The molecule has 1 saturated carbocycles. The van der Waals surface area contributed by atoms with Crippen molar-refractivity contribution < 1.29 is 9.21 Å². The van der Waals surface area contributed by atoms with E-state index < -0.39 is 0 Å². The van der Waals surface area contributed by atoms with Crippen LogP contribution in [0.1, 0.15) is 31.9 Å². The van der Waals surface area contributed by atoms with Gasteiger partial charge in [0.25, 0.3) is 0 Å². The molecule has 4 heteroatoms. The van der Waals surface area contributed by atoms with E-state index in [9.17, 15) is 4.79 Å². The molecule has 0 bridgehead atoms.